The second kappa shape index (κ2) is 9.71. The molecule has 6 nitrogen and oxygen atoms in total. The molecule has 4 aromatic rings. The molecule has 0 bridgehead atoms. The van der Waals surface area contributed by atoms with Crippen LogP contribution in [-0.2, 0) is 17.0 Å². The topological polar surface area (TPSA) is 74.3 Å². The second-order valence-electron chi connectivity index (χ2n) is 8.02. The van der Waals surface area contributed by atoms with Crippen LogP contribution < -0.4 is 11.2 Å². The fraction of sp³-hybridized carbons (Fsp3) is 0.320. The zero-order chi connectivity index (χ0) is 22.7. The standard InChI is InChI=1S/C25H26N2O4S/c1-16(2)30-12-6-11-27-24(29)20-7-4-5-8-21(20)26-25(27)32-15-18-14-23(28)31-22-13-17(3)9-10-19(18)22/h4-5,7-10,13-14,16H,6,11-12,15H2,1-3H3. The van der Waals surface area contributed by atoms with Crippen molar-refractivity contribution in [2.24, 2.45) is 0 Å². The number of thioether (sulfide) groups is 1. The van der Waals surface area contributed by atoms with Gasteiger partial charge in [0.15, 0.2) is 5.16 Å². The van der Waals surface area contributed by atoms with Crippen LogP contribution in [0.3, 0.4) is 0 Å². The minimum atomic E-state index is -0.381. The number of fused-ring (bicyclic) bond motifs is 2. The van der Waals surface area contributed by atoms with Crippen LogP contribution in [0.15, 0.2) is 67.7 Å². The van der Waals surface area contributed by atoms with E-state index in [1.54, 1.807) is 10.6 Å². The van der Waals surface area contributed by atoms with Crippen molar-refractivity contribution in [2.75, 3.05) is 6.61 Å². The largest absolute Gasteiger partial charge is 0.423 e. The summed E-state index contributed by atoms with van der Waals surface area (Å²) in [4.78, 5) is 30.1. The number of para-hydroxylation sites is 1. The summed E-state index contributed by atoms with van der Waals surface area (Å²) in [6, 6.07) is 14.7. The van der Waals surface area contributed by atoms with E-state index in [2.05, 4.69) is 0 Å². The molecule has 0 atom stereocenters. The van der Waals surface area contributed by atoms with Gasteiger partial charge in [-0.15, -0.1) is 0 Å². The van der Waals surface area contributed by atoms with Crippen LogP contribution in [-0.4, -0.2) is 22.3 Å². The molecule has 0 unspecified atom stereocenters. The monoisotopic (exact) mass is 450 g/mol. The Morgan fingerprint density at radius 1 is 1.09 bits per heavy atom. The summed E-state index contributed by atoms with van der Waals surface area (Å²) in [7, 11) is 0. The van der Waals surface area contributed by atoms with Crippen molar-refractivity contribution in [3.05, 3.63) is 80.4 Å². The van der Waals surface area contributed by atoms with E-state index < -0.39 is 0 Å². The Morgan fingerprint density at radius 2 is 1.91 bits per heavy atom. The quantitative estimate of drug-likeness (QED) is 0.164. The zero-order valence-corrected chi connectivity index (χ0v) is 19.3. The van der Waals surface area contributed by atoms with E-state index in [9.17, 15) is 9.59 Å². The van der Waals surface area contributed by atoms with E-state index >= 15 is 0 Å². The minimum absolute atomic E-state index is 0.0595. The molecule has 0 aliphatic carbocycles. The lowest BCUT2D eigenvalue weighted by Crippen LogP contribution is -2.24. The molecule has 7 heteroatoms. The van der Waals surface area contributed by atoms with Crippen LogP contribution in [0.2, 0.25) is 0 Å². The van der Waals surface area contributed by atoms with Crippen LogP contribution in [0.1, 0.15) is 31.4 Å². The van der Waals surface area contributed by atoms with E-state index in [0.717, 1.165) is 16.5 Å². The van der Waals surface area contributed by atoms with Crippen molar-refractivity contribution in [3.8, 4) is 0 Å². The van der Waals surface area contributed by atoms with Gasteiger partial charge < -0.3 is 9.15 Å². The third-order valence-electron chi connectivity index (χ3n) is 5.15. The molecule has 2 heterocycles. The van der Waals surface area contributed by atoms with E-state index in [0.29, 0.717) is 47.0 Å². The van der Waals surface area contributed by atoms with Crippen molar-refractivity contribution in [2.45, 2.75) is 50.8 Å². The minimum Gasteiger partial charge on any atom is -0.423 e. The summed E-state index contributed by atoms with van der Waals surface area (Å²) in [6.07, 6.45) is 0.861. The first-order valence-corrected chi connectivity index (χ1v) is 11.7. The van der Waals surface area contributed by atoms with Gasteiger partial charge in [0, 0.05) is 30.4 Å². The Hall–Kier alpha value is -2.90. The highest BCUT2D eigenvalue weighted by molar-refractivity contribution is 7.98. The Bertz CT molecular complexity index is 1370. The Balaban J connectivity index is 1.68. The van der Waals surface area contributed by atoms with Gasteiger partial charge in [-0.2, -0.15) is 0 Å². The van der Waals surface area contributed by atoms with Crippen molar-refractivity contribution in [1.82, 2.24) is 9.55 Å². The first kappa shape index (κ1) is 22.3. The van der Waals surface area contributed by atoms with Gasteiger partial charge in [0.25, 0.3) is 5.56 Å². The lowest BCUT2D eigenvalue weighted by Gasteiger charge is -2.14. The van der Waals surface area contributed by atoms with E-state index in [-0.39, 0.29) is 17.3 Å². The molecule has 0 fully saturated rings. The van der Waals surface area contributed by atoms with Gasteiger partial charge in [-0.25, -0.2) is 9.78 Å². The van der Waals surface area contributed by atoms with Crippen molar-refractivity contribution >= 4 is 33.6 Å². The Kier molecular flexibility index (Phi) is 6.77. The number of aryl methyl sites for hydroxylation is 1. The lowest BCUT2D eigenvalue weighted by atomic mass is 10.1. The molecule has 0 amide bonds. The van der Waals surface area contributed by atoms with Gasteiger partial charge in [0.05, 0.1) is 17.0 Å². The van der Waals surface area contributed by atoms with E-state index in [4.69, 9.17) is 14.1 Å². The van der Waals surface area contributed by atoms with Crippen molar-refractivity contribution < 1.29 is 9.15 Å². The number of benzene rings is 2. The van der Waals surface area contributed by atoms with Gasteiger partial charge in [-0.05, 0) is 56.5 Å². The molecule has 0 radical (unpaired) electrons. The SMILES string of the molecule is Cc1ccc2c(CSc3nc4ccccc4c(=O)n3CCCOC(C)C)cc(=O)oc2c1. The van der Waals surface area contributed by atoms with Crippen LogP contribution in [0.25, 0.3) is 21.9 Å². The van der Waals surface area contributed by atoms with Gasteiger partial charge in [-0.3, -0.25) is 9.36 Å². The summed E-state index contributed by atoms with van der Waals surface area (Å²) in [6.45, 7) is 7.04. The third kappa shape index (κ3) is 4.95. The normalized spacial score (nSPS) is 11.6. The number of hydrogen-bond acceptors (Lipinski definition) is 6. The number of hydrogen-bond donors (Lipinski definition) is 0. The summed E-state index contributed by atoms with van der Waals surface area (Å²) < 4.78 is 12.7. The predicted molar refractivity (Wildman–Crippen MR) is 128 cm³/mol. The summed E-state index contributed by atoms with van der Waals surface area (Å²) in [5.74, 6) is 0.498. The van der Waals surface area contributed by atoms with Gasteiger partial charge >= 0.3 is 5.63 Å². The predicted octanol–water partition coefficient (Wildman–Crippen LogP) is 4.92. The molecule has 0 N–H and O–H groups in total. The van der Waals surface area contributed by atoms with Gasteiger partial charge in [0.1, 0.15) is 5.58 Å². The highest BCUT2D eigenvalue weighted by Gasteiger charge is 2.13. The molecule has 0 saturated heterocycles. The van der Waals surface area contributed by atoms with E-state index in [1.807, 2.05) is 57.2 Å². The highest BCUT2D eigenvalue weighted by Crippen LogP contribution is 2.26. The molecule has 0 aliphatic rings. The first-order chi connectivity index (χ1) is 15.4. The first-order valence-electron chi connectivity index (χ1n) is 10.7. The molecule has 0 saturated carbocycles. The van der Waals surface area contributed by atoms with E-state index in [1.165, 1.54) is 17.8 Å². The molecule has 32 heavy (non-hydrogen) atoms. The fourth-order valence-corrected chi connectivity index (χ4v) is 4.61. The average molecular weight is 451 g/mol. The van der Waals surface area contributed by atoms with Crippen LogP contribution in [0.5, 0.6) is 0 Å². The van der Waals surface area contributed by atoms with Gasteiger partial charge in [-0.1, -0.05) is 36.0 Å². The van der Waals surface area contributed by atoms with Crippen molar-refractivity contribution in [3.63, 3.8) is 0 Å². The van der Waals surface area contributed by atoms with Crippen molar-refractivity contribution in [1.29, 1.82) is 0 Å². The molecule has 2 aromatic heterocycles. The number of aromatic nitrogens is 2. The highest BCUT2D eigenvalue weighted by atomic mass is 32.2. The zero-order valence-electron chi connectivity index (χ0n) is 18.5. The smallest absolute Gasteiger partial charge is 0.336 e. The van der Waals surface area contributed by atoms with Crippen LogP contribution in [0.4, 0.5) is 0 Å². The molecule has 4 rings (SSSR count). The molecule has 166 valence electrons. The van der Waals surface area contributed by atoms with Crippen LogP contribution >= 0.6 is 11.8 Å². The number of ether oxygens (including phenoxy) is 1. The summed E-state index contributed by atoms with van der Waals surface area (Å²) in [5, 5.41) is 2.12. The Labute approximate surface area is 190 Å². The lowest BCUT2D eigenvalue weighted by molar-refractivity contribution is 0.0743. The molecule has 0 spiro atoms. The maximum absolute atomic E-state index is 13.2. The molecule has 2 aromatic carbocycles. The molecule has 0 aliphatic heterocycles. The van der Waals surface area contributed by atoms with Gasteiger partial charge in [0.2, 0.25) is 0 Å². The average Bonchev–Trinajstić information content (AvgIpc) is 2.75. The number of nitrogens with zero attached hydrogens (tertiary/aromatic N) is 2. The maximum Gasteiger partial charge on any atom is 0.336 e. The number of rotatable bonds is 8. The summed E-state index contributed by atoms with van der Waals surface area (Å²) >= 11 is 1.45. The Morgan fingerprint density at radius 3 is 2.72 bits per heavy atom. The third-order valence-corrected chi connectivity index (χ3v) is 6.17. The second-order valence-corrected chi connectivity index (χ2v) is 8.96. The maximum atomic E-state index is 13.2. The summed E-state index contributed by atoms with van der Waals surface area (Å²) in [5.41, 5.74) is 2.69. The van der Waals surface area contributed by atoms with Crippen LogP contribution in [0, 0.1) is 6.92 Å². The molecular formula is C25H26N2O4S. The molecular weight excluding hydrogens is 424 g/mol. The fourth-order valence-electron chi connectivity index (χ4n) is 3.60.